The number of halogens is 2. The van der Waals surface area contributed by atoms with E-state index in [1.54, 1.807) is 12.1 Å². The normalized spacial score (nSPS) is 12.4. The van der Waals surface area contributed by atoms with Gasteiger partial charge in [-0.05, 0) is 37.6 Å². The molecule has 1 aromatic rings. The minimum atomic E-state index is -0.774. The lowest BCUT2D eigenvalue weighted by atomic mass is 10.1. The molecule has 0 saturated carbocycles. The summed E-state index contributed by atoms with van der Waals surface area (Å²) < 4.78 is 0. The van der Waals surface area contributed by atoms with Gasteiger partial charge < -0.3 is 10.4 Å². The number of carboxylic acids is 1. The summed E-state index contributed by atoms with van der Waals surface area (Å²) in [5.74, 6) is -0.774. The molecule has 0 radical (unpaired) electrons. The molecule has 0 spiro atoms. The molecule has 0 aliphatic heterocycles. The molecule has 1 aromatic carbocycles. The first-order valence-corrected chi connectivity index (χ1v) is 6.16. The molecule has 0 heterocycles. The number of hydrogen-bond acceptors (Lipinski definition) is 2. The van der Waals surface area contributed by atoms with Gasteiger partial charge in [0.25, 0.3) is 0 Å². The summed E-state index contributed by atoms with van der Waals surface area (Å²) in [5.41, 5.74) is 0.964. The second-order valence-corrected chi connectivity index (χ2v) is 4.68. The van der Waals surface area contributed by atoms with E-state index in [4.69, 9.17) is 28.3 Å². The quantitative estimate of drug-likeness (QED) is 0.782. The minimum absolute atomic E-state index is 0.0774. The second-order valence-electron chi connectivity index (χ2n) is 3.84. The van der Waals surface area contributed by atoms with Gasteiger partial charge in [-0.25, -0.2) is 0 Å². The van der Waals surface area contributed by atoms with Crippen molar-refractivity contribution < 1.29 is 9.90 Å². The molecular formula is C12H15Cl2NO2. The van der Waals surface area contributed by atoms with Crippen molar-refractivity contribution in [2.75, 3.05) is 6.54 Å². The number of benzene rings is 1. The minimum Gasteiger partial charge on any atom is -0.481 e. The van der Waals surface area contributed by atoms with Crippen molar-refractivity contribution in [3.63, 3.8) is 0 Å². The maximum Gasteiger partial charge on any atom is 0.303 e. The van der Waals surface area contributed by atoms with Crippen molar-refractivity contribution in [2.45, 2.75) is 25.8 Å². The van der Waals surface area contributed by atoms with Crippen molar-refractivity contribution in [3.8, 4) is 0 Å². The molecule has 0 aliphatic carbocycles. The molecule has 0 saturated heterocycles. The molecule has 0 fully saturated rings. The van der Waals surface area contributed by atoms with Gasteiger partial charge in [-0.15, -0.1) is 0 Å². The molecule has 17 heavy (non-hydrogen) atoms. The highest BCUT2D eigenvalue weighted by Gasteiger charge is 2.09. The Balaban J connectivity index is 2.46. The van der Waals surface area contributed by atoms with E-state index in [1.807, 2.05) is 13.0 Å². The van der Waals surface area contributed by atoms with Gasteiger partial charge in [0.1, 0.15) is 0 Å². The van der Waals surface area contributed by atoms with Gasteiger partial charge in [-0.2, -0.15) is 0 Å². The van der Waals surface area contributed by atoms with Crippen LogP contribution in [0, 0.1) is 0 Å². The average Bonchev–Trinajstić information content (AvgIpc) is 2.23. The Hall–Kier alpha value is -0.770. The maximum atomic E-state index is 10.3. The van der Waals surface area contributed by atoms with Gasteiger partial charge >= 0.3 is 5.97 Å². The van der Waals surface area contributed by atoms with Crippen LogP contribution in [0.4, 0.5) is 0 Å². The van der Waals surface area contributed by atoms with Crippen molar-refractivity contribution in [1.82, 2.24) is 5.32 Å². The van der Waals surface area contributed by atoms with Gasteiger partial charge in [0.2, 0.25) is 0 Å². The van der Waals surface area contributed by atoms with Crippen LogP contribution in [-0.4, -0.2) is 17.6 Å². The lowest BCUT2D eigenvalue weighted by Gasteiger charge is -2.15. The van der Waals surface area contributed by atoms with E-state index in [0.717, 1.165) is 5.56 Å². The Bertz CT molecular complexity index is 396. The molecule has 1 unspecified atom stereocenters. The highest BCUT2D eigenvalue weighted by atomic mass is 35.5. The van der Waals surface area contributed by atoms with Crippen LogP contribution in [0.15, 0.2) is 18.2 Å². The van der Waals surface area contributed by atoms with Crippen molar-refractivity contribution in [3.05, 3.63) is 33.8 Å². The summed E-state index contributed by atoms with van der Waals surface area (Å²) in [6, 6.07) is 5.44. The van der Waals surface area contributed by atoms with Crippen LogP contribution in [0.25, 0.3) is 0 Å². The third kappa shape index (κ3) is 4.94. The molecule has 0 aliphatic rings. The summed E-state index contributed by atoms with van der Waals surface area (Å²) in [7, 11) is 0. The average molecular weight is 276 g/mol. The lowest BCUT2D eigenvalue weighted by molar-refractivity contribution is -0.137. The standard InChI is InChI=1S/C12H15Cl2NO2/c1-8(15-6-2-3-12(16)17)10-5-4-9(13)7-11(10)14/h4-5,7-8,15H,2-3,6H2,1H3,(H,16,17). The number of carboxylic acid groups (broad SMARTS) is 1. The SMILES string of the molecule is CC(NCCCC(=O)O)c1ccc(Cl)cc1Cl. The smallest absolute Gasteiger partial charge is 0.303 e. The van der Waals surface area contributed by atoms with E-state index in [0.29, 0.717) is 23.0 Å². The van der Waals surface area contributed by atoms with Crippen LogP contribution in [0.1, 0.15) is 31.4 Å². The van der Waals surface area contributed by atoms with Crippen molar-refractivity contribution >= 4 is 29.2 Å². The number of carbonyl (C=O) groups is 1. The third-order valence-corrected chi connectivity index (χ3v) is 3.01. The predicted octanol–water partition coefficient (Wildman–Crippen LogP) is 3.51. The summed E-state index contributed by atoms with van der Waals surface area (Å²) in [6.07, 6.45) is 0.777. The highest BCUT2D eigenvalue weighted by Crippen LogP contribution is 2.25. The number of nitrogens with one attached hydrogen (secondary N) is 1. The number of aliphatic carboxylic acids is 1. The summed E-state index contributed by atoms with van der Waals surface area (Å²) in [5, 5.41) is 13.0. The van der Waals surface area contributed by atoms with Gasteiger partial charge in [0, 0.05) is 22.5 Å². The Morgan fingerprint density at radius 1 is 1.47 bits per heavy atom. The van der Waals surface area contributed by atoms with Crippen LogP contribution < -0.4 is 5.32 Å². The van der Waals surface area contributed by atoms with E-state index in [9.17, 15) is 4.79 Å². The number of hydrogen-bond donors (Lipinski definition) is 2. The fraction of sp³-hybridized carbons (Fsp3) is 0.417. The molecular weight excluding hydrogens is 261 g/mol. The molecule has 0 amide bonds. The fourth-order valence-corrected chi connectivity index (χ4v) is 2.09. The molecule has 1 rings (SSSR count). The van der Waals surface area contributed by atoms with E-state index in [2.05, 4.69) is 5.32 Å². The molecule has 0 bridgehead atoms. The first-order chi connectivity index (χ1) is 8.00. The number of rotatable bonds is 6. The second kappa shape index (κ2) is 6.84. The van der Waals surface area contributed by atoms with Crippen molar-refractivity contribution in [2.24, 2.45) is 0 Å². The van der Waals surface area contributed by atoms with Crippen LogP contribution in [0.2, 0.25) is 10.0 Å². The largest absolute Gasteiger partial charge is 0.481 e. The zero-order chi connectivity index (χ0) is 12.8. The van der Waals surface area contributed by atoms with Gasteiger partial charge in [0.15, 0.2) is 0 Å². The molecule has 1 atom stereocenters. The van der Waals surface area contributed by atoms with E-state index >= 15 is 0 Å². The van der Waals surface area contributed by atoms with Gasteiger partial charge in [-0.3, -0.25) is 4.79 Å². The van der Waals surface area contributed by atoms with Crippen LogP contribution in [0.3, 0.4) is 0 Å². The fourth-order valence-electron chi connectivity index (χ4n) is 1.52. The maximum absolute atomic E-state index is 10.3. The Kier molecular flexibility index (Phi) is 5.75. The van der Waals surface area contributed by atoms with Gasteiger partial charge in [-0.1, -0.05) is 29.3 Å². The first kappa shape index (κ1) is 14.3. The molecule has 3 nitrogen and oxygen atoms in total. The lowest BCUT2D eigenvalue weighted by Crippen LogP contribution is -2.20. The topological polar surface area (TPSA) is 49.3 Å². The van der Waals surface area contributed by atoms with Crippen LogP contribution in [-0.2, 0) is 4.79 Å². The predicted molar refractivity (Wildman–Crippen MR) is 69.7 cm³/mol. The van der Waals surface area contributed by atoms with Gasteiger partial charge in [0.05, 0.1) is 0 Å². The molecule has 0 aromatic heterocycles. The zero-order valence-electron chi connectivity index (χ0n) is 9.54. The molecule has 94 valence electrons. The van der Waals surface area contributed by atoms with E-state index in [1.165, 1.54) is 0 Å². The van der Waals surface area contributed by atoms with E-state index < -0.39 is 5.97 Å². The zero-order valence-corrected chi connectivity index (χ0v) is 11.1. The third-order valence-electron chi connectivity index (χ3n) is 2.45. The summed E-state index contributed by atoms with van der Waals surface area (Å²) >= 11 is 11.9. The summed E-state index contributed by atoms with van der Waals surface area (Å²) in [4.78, 5) is 10.3. The monoisotopic (exact) mass is 275 g/mol. The Labute approximate surface area is 111 Å². The Morgan fingerprint density at radius 3 is 2.76 bits per heavy atom. The highest BCUT2D eigenvalue weighted by molar-refractivity contribution is 6.35. The first-order valence-electron chi connectivity index (χ1n) is 5.41. The Morgan fingerprint density at radius 2 is 2.18 bits per heavy atom. The van der Waals surface area contributed by atoms with Crippen molar-refractivity contribution in [1.29, 1.82) is 0 Å². The van der Waals surface area contributed by atoms with Crippen LogP contribution >= 0.6 is 23.2 Å². The molecule has 5 heteroatoms. The van der Waals surface area contributed by atoms with E-state index in [-0.39, 0.29) is 12.5 Å². The van der Waals surface area contributed by atoms with Crippen LogP contribution in [0.5, 0.6) is 0 Å². The molecule has 2 N–H and O–H groups in total. The summed E-state index contributed by atoms with van der Waals surface area (Å²) in [6.45, 7) is 2.63.